The summed E-state index contributed by atoms with van der Waals surface area (Å²) in [5.41, 5.74) is 1.94. The molecule has 55 heavy (non-hydrogen) atoms. The highest BCUT2D eigenvalue weighted by Crippen LogP contribution is 2.38. The van der Waals surface area contributed by atoms with Crippen LogP contribution in [0.25, 0.3) is 0 Å². The monoisotopic (exact) mass is 851 g/mol. The molecular formula is C40H45Cl4N3O7S. The zero-order valence-corrected chi connectivity index (χ0v) is 34.3. The predicted octanol–water partition coefficient (Wildman–Crippen LogP) is 8.47. The summed E-state index contributed by atoms with van der Waals surface area (Å²) in [7, 11) is 1.59. The van der Waals surface area contributed by atoms with Crippen LogP contribution >= 0.6 is 59.4 Å². The van der Waals surface area contributed by atoms with Gasteiger partial charge in [-0.05, 0) is 92.9 Å². The van der Waals surface area contributed by atoms with Gasteiger partial charge in [0.1, 0.15) is 33.2 Å². The molecule has 8 rings (SSSR count). The van der Waals surface area contributed by atoms with E-state index in [1.807, 2.05) is 48.5 Å². The van der Waals surface area contributed by atoms with E-state index in [2.05, 4.69) is 10.2 Å². The number of halogens is 4. The smallest absolute Gasteiger partial charge is 0.348 e. The number of nitrogens with zero attached hydrogens (tertiary/aromatic N) is 2. The number of nitrogens with one attached hydrogen (secondary N) is 1. The van der Waals surface area contributed by atoms with Crippen molar-refractivity contribution >= 4 is 71.3 Å². The van der Waals surface area contributed by atoms with Gasteiger partial charge in [0.25, 0.3) is 0 Å². The van der Waals surface area contributed by atoms with E-state index in [9.17, 15) is 14.8 Å². The summed E-state index contributed by atoms with van der Waals surface area (Å²) in [5.74, 6) is 0.696. The standard InChI is InChI=1S/C40H43Cl2N3O7S.2ClH/c1-49-33-13-11-27(19-35(33)50-28-9-5-6-10-28)34(20-30-31(41)22-45(48)23-32(30)42)51-39(46)37-14-12-29(53-37)21-43-38(26-7-3-2-4-8-26)40(47)52-36-24-44-17-15-25(36)16-18-44;;/h2-4,7-8,11-14,19,22-23,25,28,34,36,38,43H,5-6,9-10,15-18,20-21,24H2,1H3;2*1H/t34?,36-,38?;;/m0../s1. The van der Waals surface area contributed by atoms with E-state index in [4.69, 9.17) is 42.1 Å². The number of hydrogen-bond acceptors (Lipinski definition) is 10. The van der Waals surface area contributed by atoms with Gasteiger partial charge in [0, 0.05) is 30.0 Å². The minimum absolute atomic E-state index is 0. The average molecular weight is 854 g/mol. The molecule has 2 unspecified atom stereocenters. The lowest BCUT2D eigenvalue weighted by Crippen LogP contribution is -2.52. The highest BCUT2D eigenvalue weighted by atomic mass is 35.5. The van der Waals surface area contributed by atoms with Gasteiger partial charge < -0.3 is 24.2 Å². The van der Waals surface area contributed by atoms with Gasteiger partial charge in [-0.2, -0.15) is 4.73 Å². The fourth-order valence-electron chi connectivity index (χ4n) is 7.53. The molecule has 296 valence electrons. The Hall–Kier alpha value is -3.29. The third-order valence-corrected chi connectivity index (χ3v) is 12.1. The number of carbonyl (C=O) groups is 2. The van der Waals surface area contributed by atoms with Gasteiger partial charge in [0.05, 0.1) is 13.2 Å². The first kappa shape index (κ1) is 42.8. The van der Waals surface area contributed by atoms with Gasteiger partial charge in [-0.15, -0.1) is 36.2 Å². The van der Waals surface area contributed by atoms with Crippen molar-refractivity contribution < 1.29 is 33.3 Å². The molecule has 1 saturated carbocycles. The van der Waals surface area contributed by atoms with Crippen LogP contribution in [0.15, 0.2) is 73.1 Å². The summed E-state index contributed by atoms with van der Waals surface area (Å²) in [5, 5.41) is 15.7. The number of esters is 2. The second-order valence-electron chi connectivity index (χ2n) is 13.9. The molecular weight excluding hydrogens is 808 g/mol. The van der Waals surface area contributed by atoms with Crippen LogP contribution in [-0.2, 0) is 27.2 Å². The van der Waals surface area contributed by atoms with Crippen molar-refractivity contribution in [3.63, 3.8) is 0 Å². The number of aromatic nitrogens is 1. The Kier molecular flexibility index (Phi) is 15.4. The van der Waals surface area contributed by atoms with Gasteiger partial charge in [-0.3, -0.25) is 10.2 Å². The number of methoxy groups -OCH3 is 1. The molecule has 4 fully saturated rings. The predicted molar refractivity (Wildman–Crippen MR) is 217 cm³/mol. The van der Waals surface area contributed by atoms with E-state index in [-0.39, 0.29) is 59.5 Å². The molecule has 1 aliphatic carbocycles. The highest BCUT2D eigenvalue weighted by Gasteiger charge is 2.38. The van der Waals surface area contributed by atoms with E-state index >= 15 is 0 Å². The average Bonchev–Trinajstić information content (AvgIpc) is 3.86. The number of pyridine rings is 1. The molecule has 15 heteroatoms. The van der Waals surface area contributed by atoms with E-state index < -0.39 is 18.1 Å². The third-order valence-electron chi connectivity index (χ3n) is 10.4. The highest BCUT2D eigenvalue weighted by molar-refractivity contribution is 7.13. The molecule has 0 amide bonds. The zero-order chi connectivity index (χ0) is 36.9. The van der Waals surface area contributed by atoms with Crippen molar-refractivity contribution in [3.05, 3.63) is 115 Å². The number of hydrogen-bond donors (Lipinski definition) is 1. The molecule has 1 N–H and O–H groups in total. The van der Waals surface area contributed by atoms with Gasteiger partial charge >= 0.3 is 11.9 Å². The van der Waals surface area contributed by atoms with E-state index in [1.165, 1.54) is 23.7 Å². The summed E-state index contributed by atoms with van der Waals surface area (Å²) < 4.78 is 24.8. The van der Waals surface area contributed by atoms with E-state index in [0.29, 0.717) is 44.7 Å². The van der Waals surface area contributed by atoms with Crippen LogP contribution in [0.4, 0.5) is 0 Å². The second kappa shape index (κ2) is 19.7. The van der Waals surface area contributed by atoms with Crippen molar-refractivity contribution in [2.24, 2.45) is 5.92 Å². The normalized spacial score (nSPS) is 20.1. The number of fused-ring (bicyclic) bond motifs is 3. The fraction of sp³-hybridized carbons (Fsp3) is 0.425. The maximum atomic E-state index is 13.8. The Morgan fingerprint density at radius 1 is 0.945 bits per heavy atom. The molecule has 10 nitrogen and oxygen atoms in total. The number of carbonyl (C=O) groups excluding carboxylic acids is 2. The van der Waals surface area contributed by atoms with Gasteiger partial charge in [-0.25, -0.2) is 9.59 Å². The van der Waals surface area contributed by atoms with Crippen LogP contribution in [-0.4, -0.2) is 55.8 Å². The summed E-state index contributed by atoms with van der Waals surface area (Å²) in [6, 6.07) is 17.9. The molecule has 2 aromatic carbocycles. The lowest BCUT2D eigenvalue weighted by atomic mass is 9.86. The summed E-state index contributed by atoms with van der Waals surface area (Å²) in [6.07, 6.45) is 7.92. The minimum Gasteiger partial charge on any atom is -0.619 e. The Morgan fingerprint density at radius 3 is 2.31 bits per heavy atom. The molecule has 3 atom stereocenters. The van der Waals surface area contributed by atoms with Crippen LogP contribution < -0.4 is 19.5 Å². The van der Waals surface area contributed by atoms with E-state index in [1.54, 1.807) is 19.2 Å². The number of rotatable bonds is 14. The Labute approximate surface area is 347 Å². The van der Waals surface area contributed by atoms with Crippen LogP contribution in [0.1, 0.15) is 81.9 Å². The summed E-state index contributed by atoms with van der Waals surface area (Å²) >= 11 is 14.2. The number of piperidine rings is 3. The fourth-order valence-corrected chi connectivity index (χ4v) is 8.97. The van der Waals surface area contributed by atoms with Gasteiger partial charge in [0.15, 0.2) is 23.9 Å². The zero-order valence-electron chi connectivity index (χ0n) is 30.3. The number of benzene rings is 2. The second-order valence-corrected chi connectivity index (χ2v) is 15.9. The summed E-state index contributed by atoms with van der Waals surface area (Å²) in [4.78, 5) is 31.0. The Bertz CT molecular complexity index is 1880. The first-order chi connectivity index (χ1) is 25.7. The van der Waals surface area contributed by atoms with Crippen LogP contribution in [0.3, 0.4) is 0 Å². The lowest BCUT2D eigenvalue weighted by molar-refractivity contribution is -0.605. The maximum Gasteiger partial charge on any atom is 0.348 e. The van der Waals surface area contributed by atoms with Crippen molar-refractivity contribution in [2.75, 3.05) is 26.7 Å². The molecule has 2 bridgehead atoms. The van der Waals surface area contributed by atoms with Crippen molar-refractivity contribution in [1.82, 2.24) is 10.2 Å². The minimum atomic E-state index is -0.830. The van der Waals surface area contributed by atoms with E-state index in [0.717, 1.165) is 68.6 Å². The van der Waals surface area contributed by atoms with Crippen molar-refractivity contribution in [3.8, 4) is 11.5 Å². The SMILES string of the molecule is COc1ccc(C(Cc2c(Cl)c[n+]([O-])cc2Cl)OC(=O)c2ccc(CNC(C(=O)O[C@H]3CN4CCC3CC4)c3ccccc3)s2)cc1OC1CCCC1.Cl.Cl. The number of thiophene rings is 1. The van der Waals surface area contributed by atoms with Gasteiger partial charge in [-0.1, -0.05) is 59.6 Å². The quantitative estimate of drug-likeness (QED) is 0.0759. The van der Waals surface area contributed by atoms with Crippen LogP contribution in [0.2, 0.25) is 10.0 Å². The Morgan fingerprint density at radius 2 is 1.65 bits per heavy atom. The molecule has 3 saturated heterocycles. The van der Waals surface area contributed by atoms with Crippen molar-refractivity contribution in [1.29, 1.82) is 0 Å². The molecule has 4 aromatic rings. The molecule has 4 aliphatic rings. The molecule has 3 aliphatic heterocycles. The molecule has 0 spiro atoms. The van der Waals surface area contributed by atoms with Crippen LogP contribution in [0, 0.1) is 11.1 Å². The third kappa shape index (κ3) is 10.6. The molecule has 5 heterocycles. The molecule has 2 aromatic heterocycles. The maximum absolute atomic E-state index is 13.8. The first-order valence-corrected chi connectivity index (χ1v) is 19.7. The largest absolute Gasteiger partial charge is 0.619 e. The Balaban J connectivity index is 0.00000290. The molecule has 0 radical (unpaired) electrons. The van der Waals surface area contributed by atoms with Crippen molar-refractivity contribution in [2.45, 2.75) is 75.8 Å². The van der Waals surface area contributed by atoms with Gasteiger partial charge in [0.2, 0.25) is 0 Å². The first-order valence-electron chi connectivity index (χ1n) is 18.2. The summed E-state index contributed by atoms with van der Waals surface area (Å²) in [6.45, 7) is 3.24. The topological polar surface area (TPSA) is 113 Å². The lowest BCUT2D eigenvalue weighted by Gasteiger charge is -2.44. The number of ether oxygens (including phenoxy) is 4. The van der Waals surface area contributed by atoms with Crippen LogP contribution in [0.5, 0.6) is 11.5 Å².